The van der Waals surface area contributed by atoms with Crippen molar-refractivity contribution in [2.75, 3.05) is 13.2 Å². The molecule has 4 nitrogen and oxygen atoms in total. The summed E-state index contributed by atoms with van der Waals surface area (Å²) in [4.78, 5) is 0. The topological polar surface area (TPSA) is 50.8 Å². The molecule has 1 N–H and O–H groups in total. The number of nitrogens with one attached hydrogen (secondary N) is 1. The Kier molecular flexibility index (Phi) is 1.42. The van der Waals surface area contributed by atoms with Gasteiger partial charge in [-0.05, 0) is 6.42 Å². The van der Waals surface area contributed by atoms with Crippen LogP contribution in [-0.2, 0) is 10.2 Å². The van der Waals surface area contributed by atoms with E-state index in [0.29, 0.717) is 0 Å². The van der Waals surface area contributed by atoms with Crippen molar-refractivity contribution in [2.45, 2.75) is 18.8 Å². The van der Waals surface area contributed by atoms with E-state index in [1.807, 2.05) is 6.20 Å². The first kappa shape index (κ1) is 6.79. The molecule has 60 valence electrons. The van der Waals surface area contributed by atoms with Crippen LogP contribution in [-0.4, -0.2) is 28.6 Å². The van der Waals surface area contributed by atoms with Crippen molar-refractivity contribution in [3.63, 3.8) is 0 Å². The summed E-state index contributed by atoms with van der Waals surface area (Å²) in [6.45, 7) is 3.73. The zero-order valence-corrected chi connectivity index (χ0v) is 6.50. The second-order valence-electron chi connectivity index (χ2n) is 2.99. The predicted molar refractivity (Wildman–Crippen MR) is 39.2 cm³/mol. The summed E-state index contributed by atoms with van der Waals surface area (Å²) < 4.78 is 5.17. The molecule has 0 saturated carbocycles. The highest BCUT2D eigenvalue weighted by Gasteiger charge is 2.40. The number of H-pyrrole nitrogens is 1. The van der Waals surface area contributed by atoms with Gasteiger partial charge in [0, 0.05) is 6.20 Å². The van der Waals surface area contributed by atoms with Gasteiger partial charge >= 0.3 is 0 Å². The molecule has 1 aromatic rings. The lowest BCUT2D eigenvalue weighted by Crippen LogP contribution is -2.46. The SMILES string of the molecule is CCC1(c2c[nH]nn2)COC1. The van der Waals surface area contributed by atoms with Crippen molar-refractivity contribution >= 4 is 0 Å². The molecule has 1 aromatic heterocycles. The molecule has 0 unspecified atom stereocenters. The highest BCUT2D eigenvalue weighted by atomic mass is 16.5. The lowest BCUT2D eigenvalue weighted by Gasteiger charge is -2.38. The number of aromatic nitrogens is 3. The van der Waals surface area contributed by atoms with Gasteiger partial charge in [0.05, 0.1) is 24.3 Å². The lowest BCUT2D eigenvalue weighted by molar-refractivity contribution is -0.0641. The van der Waals surface area contributed by atoms with Gasteiger partial charge in [0.15, 0.2) is 0 Å². The van der Waals surface area contributed by atoms with Gasteiger partial charge in [0.25, 0.3) is 0 Å². The van der Waals surface area contributed by atoms with Gasteiger partial charge < -0.3 is 4.74 Å². The summed E-state index contributed by atoms with van der Waals surface area (Å²) in [5, 5.41) is 10.4. The first-order chi connectivity index (χ1) is 5.37. The third-order valence-corrected chi connectivity index (χ3v) is 2.39. The van der Waals surface area contributed by atoms with E-state index in [2.05, 4.69) is 22.3 Å². The van der Waals surface area contributed by atoms with E-state index in [4.69, 9.17) is 4.74 Å². The van der Waals surface area contributed by atoms with Crippen molar-refractivity contribution < 1.29 is 4.74 Å². The van der Waals surface area contributed by atoms with Crippen molar-refractivity contribution in [3.05, 3.63) is 11.9 Å². The standard InChI is InChI=1S/C7H11N3O/c1-2-7(4-11-5-7)6-3-8-10-9-6/h3H,2,4-5H2,1H3,(H,8,9,10). The van der Waals surface area contributed by atoms with E-state index in [-0.39, 0.29) is 5.41 Å². The van der Waals surface area contributed by atoms with Crippen LogP contribution in [0.25, 0.3) is 0 Å². The number of aromatic amines is 1. The Morgan fingerprint density at radius 2 is 2.55 bits per heavy atom. The van der Waals surface area contributed by atoms with Gasteiger partial charge in [-0.1, -0.05) is 12.1 Å². The molecule has 0 radical (unpaired) electrons. The van der Waals surface area contributed by atoms with Crippen LogP contribution in [0.3, 0.4) is 0 Å². The fourth-order valence-electron chi connectivity index (χ4n) is 1.34. The zero-order valence-electron chi connectivity index (χ0n) is 6.50. The molecule has 11 heavy (non-hydrogen) atoms. The van der Waals surface area contributed by atoms with Gasteiger partial charge in [-0.2, -0.15) is 0 Å². The zero-order chi connectivity index (χ0) is 7.73. The summed E-state index contributed by atoms with van der Waals surface area (Å²) in [6, 6.07) is 0. The predicted octanol–water partition coefficient (Wildman–Crippen LogP) is 0.483. The first-order valence-corrected chi connectivity index (χ1v) is 3.82. The highest BCUT2D eigenvalue weighted by molar-refractivity contribution is 5.15. The quantitative estimate of drug-likeness (QED) is 0.672. The smallest absolute Gasteiger partial charge is 0.0932 e. The number of ether oxygens (including phenoxy) is 1. The van der Waals surface area contributed by atoms with Gasteiger partial charge in [-0.15, -0.1) is 5.10 Å². The van der Waals surface area contributed by atoms with Gasteiger partial charge in [-0.25, -0.2) is 0 Å². The second-order valence-corrected chi connectivity index (χ2v) is 2.99. The summed E-state index contributed by atoms with van der Waals surface area (Å²) in [7, 11) is 0. The van der Waals surface area contributed by atoms with Gasteiger partial charge in [0.1, 0.15) is 0 Å². The maximum atomic E-state index is 5.17. The minimum absolute atomic E-state index is 0.160. The lowest BCUT2D eigenvalue weighted by atomic mass is 9.80. The minimum atomic E-state index is 0.160. The monoisotopic (exact) mass is 153 g/mol. The number of rotatable bonds is 2. The molecule has 1 aliphatic heterocycles. The molecule has 1 fully saturated rings. The maximum absolute atomic E-state index is 5.17. The molecule has 0 aromatic carbocycles. The van der Waals surface area contributed by atoms with E-state index < -0.39 is 0 Å². The van der Waals surface area contributed by atoms with Crippen molar-refractivity contribution in [2.24, 2.45) is 0 Å². The fourth-order valence-corrected chi connectivity index (χ4v) is 1.34. The van der Waals surface area contributed by atoms with Crippen molar-refractivity contribution in [1.82, 2.24) is 15.4 Å². The molecular weight excluding hydrogens is 142 g/mol. The van der Waals surface area contributed by atoms with E-state index in [0.717, 1.165) is 25.3 Å². The third-order valence-electron chi connectivity index (χ3n) is 2.39. The van der Waals surface area contributed by atoms with E-state index in [1.54, 1.807) is 0 Å². The minimum Gasteiger partial charge on any atom is -0.379 e. The average molecular weight is 153 g/mol. The average Bonchev–Trinajstić information content (AvgIpc) is 2.39. The third kappa shape index (κ3) is 0.860. The largest absolute Gasteiger partial charge is 0.379 e. The summed E-state index contributed by atoms with van der Waals surface area (Å²) in [5.74, 6) is 0. The Labute approximate surface area is 64.9 Å². The molecular formula is C7H11N3O. The molecule has 0 bridgehead atoms. The highest BCUT2D eigenvalue weighted by Crippen LogP contribution is 2.33. The Hall–Kier alpha value is -0.900. The van der Waals surface area contributed by atoms with Gasteiger partial charge in [0.2, 0.25) is 0 Å². The molecule has 0 aliphatic carbocycles. The molecule has 2 rings (SSSR count). The van der Waals surface area contributed by atoms with E-state index >= 15 is 0 Å². The summed E-state index contributed by atoms with van der Waals surface area (Å²) >= 11 is 0. The second kappa shape index (κ2) is 2.30. The molecule has 0 amide bonds. The fraction of sp³-hybridized carbons (Fsp3) is 0.714. The molecule has 0 atom stereocenters. The van der Waals surface area contributed by atoms with Crippen LogP contribution in [0.4, 0.5) is 0 Å². The van der Waals surface area contributed by atoms with Crippen LogP contribution >= 0.6 is 0 Å². The van der Waals surface area contributed by atoms with Crippen LogP contribution in [0.2, 0.25) is 0 Å². The number of hydrogen-bond donors (Lipinski definition) is 1. The maximum Gasteiger partial charge on any atom is 0.0932 e. The summed E-state index contributed by atoms with van der Waals surface area (Å²) in [6.07, 6.45) is 2.92. The van der Waals surface area contributed by atoms with E-state index in [1.165, 1.54) is 0 Å². The normalized spacial score (nSPS) is 21.2. The molecule has 4 heteroatoms. The van der Waals surface area contributed by atoms with Crippen LogP contribution < -0.4 is 0 Å². The Morgan fingerprint density at radius 1 is 1.73 bits per heavy atom. The van der Waals surface area contributed by atoms with Crippen LogP contribution in [0.5, 0.6) is 0 Å². The van der Waals surface area contributed by atoms with Crippen molar-refractivity contribution in [3.8, 4) is 0 Å². The van der Waals surface area contributed by atoms with E-state index in [9.17, 15) is 0 Å². The first-order valence-electron chi connectivity index (χ1n) is 3.82. The Bertz CT molecular complexity index is 222. The molecule has 2 heterocycles. The molecule has 1 saturated heterocycles. The van der Waals surface area contributed by atoms with Crippen LogP contribution in [0.1, 0.15) is 19.0 Å². The molecule has 0 spiro atoms. The molecule has 1 aliphatic rings. The van der Waals surface area contributed by atoms with Crippen LogP contribution in [0, 0.1) is 0 Å². The van der Waals surface area contributed by atoms with Crippen LogP contribution in [0.15, 0.2) is 6.20 Å². The Balaban J connectivity index is 2.25. The van der Waals surface area contributed by atoms with Gasteiger partial charge in [-0.3, -0.25) is 5.10 Å². The van der Waals surface area contributed by atoms with Crippen molar-refractivity contribution in [1.29, 1.82) is 0 Å². The number of hydrogen-bond acceptors (Lipinski definition) is 3. The Morgan fingerprint density at radius 3 is 2.91 bits per heavy atom. The summed E-state index contributed by atoms with van der Waals surface area (Å²) in [5.41, 5.74) is 1.19. The number of nitrogens with zero attached hydrogens (tertiary/aromatic N) is 2.